The molecule has 0 aliphatic carbocycles. The molecule has 2 heteroatoms. The predicted octanol–water partition coefficient (Wildman–Crippen LogP) is 2.31. The molecule has 0 saturated heterocycles. The van der Waals surface area contributed by atoms with E-state index in [2.05, 4.69) is 6.07 Å². The van der Waals surface area contributed by atoms with Gasteiger partial charge in [0.25, 0.3) is 0 Å². The summed E-state index contributed by atoms with van der Waals surface area (Å²) in [5.41, 5.74) is 0.885. The van der Waals surface area contributed by atoms with Crippen molar-refractivity contribution in [3.63, 3.8) is 0 Å². The lowest BCUT2D eigenvalue weighted by Crippen LogP contribution is -2.23. The van der Waals surface area contributed by atoms with Gasteiger partial charge in [-0.2, -0.15) is 5.26 Å². The molecule has 1 aromatic rings. The summed E-state index contributed by atoms with van der Waals surface area (Å²) in [6.45, 7) is 3.83. The summed E-state index contributed by atoms with van der Waals surface area (Å²) in [4.78, 5) is 0. The van der Waals surface area contributed by atoms with E-state index in [0.717, 1.165) is 5.56 Å². The van der Waals surface area contributed by atoms with E-state index in [1.54, 1.807) is 0 Å². The molecular weight excluding hydrogens is 174 g/mol. The van der Waals surface area contributed by atoms with Crippen LogP contribution in [-0.2, 0) is 0 Å². The lowest BCUT2D eigenvalue weighted by atomic mass is 9.88. The van der Waals surface area contributed by atoms with Crippen molar-refractivity contribution in [2.75, 3.05) is 0 Å². The molecule has 0 fully saturated rings. The second-order valence-electron chi connectivity index (χ2n) is 3.75. The van der Waals surface area contributed by atoms with E-state index in [-0.39, 0.29) is 5.92 Å². The molecule has 1 rings (SSSR count). The first kappa shape index (κ1) is 10.7. The highest BCUT2D eigenvalue weighted by Gasteiger charge is 2.23. The minimum absolute atomic E-state index is 0.0971. The maximum Gasteiger partial charge on any atom is 0.0974 e. The maximum absolute atomic E-state index is 9.82. The Morgan fingerprint density at radius 1 is 1.21 bits per heavy atom. The first-order valence-electron chi connectivity index (χ1n) is 4.79. The molecule has 0 aliphatic rings. The molecule has 0 heterocycles. The van der Waals surface area contributed by atoms with Crippen LogP contribution in [0.2, 0.25) is 0 Å². The van der Waals surface area contributed by atoms with Crippen LogP contribution >= 0.6 is 0 Å². The Hall–Kier alpha value is -1.33. The molecule has 0 amide bonds. The highest BCUT2D eigenvalue weighted by atomic mass is 16.3. The molecule has 0 unspecified atom stereocenters. The van der Waals surface area contributed by atoms with Crippen molar-refractivity contribution >= 4 is 0 Å². The third-order valence-electron chi connectivity index (χ3n) is 2.32. The summed E-state index contributed by atoms with van der Waals surface area (Å²) >= 11 is 0. The first-order chi connectivity index (χ1) is 6.66. The van der Waals surface area contributed by atoms with Gasteiger partial charge in [0.15, 0.2) is 0 Å². The number of aliphatic hydroxyl groups is 1. The molecule has 1 aromatic carbocycles. The van der Waals surface area contributed by atoms with Gasteiger partial charge in [-0.3, -0.25) is 0 Å². The van der Waals surface area contributed by atoms with Crippen LogP contribution in [0.3, 0.4) is 0 Å². The van der Waals surface area contributed by atoms with Crippen molar-refractivity contribution in [1.82, 2.24) is 0 Å². The second kappa shape index (κ2) is 4.78. The summed E-state index contributed by atoms with van der Waals surface area (Å²) in [6, 6.07) is 11.6. The minimum atomic E-state index is -0.595. The van der Waals surface area contributed by atoms with E-state index in [1.807, 2.05) is 44.2 Å². The molecule has 0 aliphatic heterocycles. The van der Waals surface area contributed by atoms with Gasteiger partial charge in [0.1, 0.15) is 0 Å². The molecular formula is C12H15NO. The molecule has 74 valence electrons. The van der Waals surface area contributed by atoms with Crippen LogP contribution in [0.5, 0.6) is 0 Å². The maximum atomic E-state index is 9.82. The second-order valence-corrected chi connectivity index (χ2v) is 3.75. The molecule has 2 atom stereocenters. The van der Waals surface area contributed by atoms with Gasteiger partial charge in [0.2, 0.25) is 0 Å². The molecule has 1 N–H and O–H groups in total. The van der Waals surface area contributed by atoms with Crippen molar-refractivity contribution in [2.24, 2.45) is 5.92 Å². The van der Waals surface area contributed by atoms with Gasteiger partial charge in [-0.25, -0.2) is 0 Å². The summed E-state index contributed by atoms with van der Waals surface area (Å²) in [6.07, 6.45) is -0.595. The van der Waals surface area contributed by atoms with E-state index in [0.29, 0.717) is 0 Å². The highest BCUT2D eigenvalue weighted by molar-refractivity contribution is 5.26. The summed E-state index contributed by atoms with van der Waals surface area (Å²) in [5, 5.41) is 18.8. The fourth-order valence-corrected chi connectivity index (χ4v) is 1.39. The van der Waals surface area contributed by atoms with Gasteiger partial charge in [0.05, 0.1) is 18.1 Å². The van der Waals surface area contributed by atoms with E-state index < -0.39 is 12.0 Å². The fraction of sp³-hybridized carbons (Fsp3) is 0.417. The number of hydrogen-bond donors (Lipinski definition) is 1. The van der Waals surface area contributed by atoms with Gasteiger partial charge in [0, 0.05) is 0 Å². The van der Waals surface area contributed by atoms with Crippen molar-refractivity contribution in [3.05, 3.63) is 35.9 Å². The summed E-state index contributed by atoms with van der Waals surface area (Å²) in [5.74, 6) is -0.323. The Labute approximate surface area is 84.8 Å². The van der Waals surface area contributed by atoms with Crippen LogP contribution in [0, 0.1) is 17.2 Å². The van der Waals surface area contributed by atoms with Crippen LogP contribution in [0.25, 0.3) is 0 Å². The predicted molar refractivity (Wildman–Crippen MR) is 55.6 cm³/mol. The van der Waals surface area contributed by atoms with Crippen molar-refractivity contribution in [1.29, 1.82) is 5.26 Å². The van der Waals surface area contributed by atoms with Gasteiger partial charge >= 0.3 is 0 Å². The van der Waals surface area contributed by atoms with Crippen LogP contribution in [0.1, 0.15) is 25.3 Å². The molecule has 0 spiro atoms. The largest absolute Gasteiger partial charge is 0.391 e. The average Bonchev–Trinajstić information content (AvgIpc) is 2.20. The number of nitrogens with zero attached hydrogens (tertiary/aromatic N) is 1. The van der Waals surface area contributed by atoms with E-state index in [4.69, 9.17) is 5.26 Å². The lowest BCUT2D eigenvalue weighted by molar-refractivity contribution is 0.113. The number of hydrogen-bond acceptors (Lipinski definition) is 2. The number of nitriles is 1. The van der Waals surface area contributed by atoms with Gasteiger partial charge in [-0.05, 0) is 11.5 Å². The Bertz CT molecular complexity index is 313. The lowest BCUT2D eigenvalue weighted by Gasteiger charge is -2.20. The Morgan fingerprint density at radius 2 is 1.79 bits per heavy atom. The van der Waals surface area contributed by atoms with Crippen molar-refractivity contribution in [3.8, 4) is 6.07 Å². The smallest absolute Gasteiger partial charge is 0.0974 e. The van der Waals surface area contributed by atoms with Gasteiger partial charge in [-0.1, -0.05) is 44.2 Å². The first-order valence-corrected chi connectivity index (χ1v) is 4.79. The molecule has 0 saturated carbocycles. The van der Waals surface area contributed by atoms with Gasteiger partial charge < -0.3 is 5.11 Å². The number of aliphatic hydroxyl groups excluding tert-OH is 1. The number of benzene rings is 1. The fourth-order valence-electron chi connectivity index (χ4n) is 1.39. The monoisotopic (exact) mass is 189 g/mol. The third kappa shape index (κ3) is 2.34. The van der Waals surface area contributed by atoms with E-state index >= 15 is 0 Å². The van der Waals surface area contributed by atoms with Crippen molar-refractivity contribution in [2.45, 2.75) is 25.9 Å². The zero-order chi connectivity index (χ0) is 10.6. The van der Waals surface area contributed by atoms with Crippen LogP contribution < -0.4 is 0 Å². The minimum Gasteiger partial charge on any atom is -0.391 e. The van der Waals surface area contributed by atoms with E-state index in [1.165, 1.54) is 0 Å². The van der Waals surface area contributed by atoms with Crippen molar-refractivity contribution < 1.29 is 5.11 Å². The molecule has 0 bridgehead atoms. The van der Waals surface area contributed by atoms with Crippen LogP contribution in [-0.4, -0.2) is 11.2 Å². The molecule has 14 heavy (non-hydrogen) atoms. The van der Waals surface area contributed by atoms with Crippen LogP contribution in [0.4, 0.5) is 0 Å². The molecule has 2 nitrogen and oxygen atoms in total. The Balaban J connectivity index is 2.89. The quantitative estimate of drug-likeness (QED) is 0.793. The standard InChI is InChI=1S/C12H15NO/c1-9(2)12(14)11(8-13)10-6-4-3-5-7-10/h3-7,9,11-12,14H,1-2H3/t11-,12-/m0/s1. The summed E-state index contributed by atoms with van der Waals surface area (Å²) < 4.78 is 0. The number of rotatable bonds is 3. The topological polar surface area (TPSA) is 44.0 Å². The SMILES string of the molecule is CC(C)[C@H](O)[C@@H](C#N)c1ccccc1. The summed E-state index contributed by atoms with van der Waals surface area (Å²) in [7, 11) is 0. The molecule has 0 aromatic heterocycles. The zero-order valence-electron chi connectivity index (χ0n) is 8.51. The van der Waals surface area contributed by atoms with E-state index in [9.17, 15) is 5.11 Å². The molecule has 0 radical (unpaired) electrons. The van der Waals surface area contributed by atoms with Gasteiger partial charge in [-0.15, -0.1) is 0 Å². The normalized spacial score (nSPS) is 14.8. The Kier molecular flexibility index (Phi) is 3.67. The third-order valence-corrected chi connectivity index (χ3v) is 2.32. The highest BCUT2D eigenvalue weighted by Crippen LogP contribution is 2.23. The zero-order valence-corrected chi connectivity index (χ0v) is 8.51. The van der Waals surface area contributed by atoms with Crippen LogP contribution in [0.15, 0.2) is 30.3 Å². The Morgan fingerprint density at radius 3 is 2.21 bits per heavy atom. The average molecular weight is 189 g/mol.